The van der Waals surface area contributed by atoms with Crippen molar-refractivity contribution in [3.8, 4) is 5.75 Å². The molecule has 0 aliphatic carbocycles. The lowest BCUT2D eigenvalue weighted by Gasteiger charge is -2.40. The molecule has 1 aliphatic heterocycles. The van der Waals surface area contributed by atoms with Crippen LogP contribution in [-0.2, 0) is 6.54 Å². The zero-order valence-corrected chi connectivity index (χ0v) is 17.4. The summed E-state index contributed by atoms with van der Waals surface area (Å²) in [7, 11) is 0. The molecule has 4 nitrogen and oxygen atoms in total. The second-order valence-corrected chi connectivity index (χ2v) is 7.97. The molecule has 0 radical (unpaired) electrons. The minimum absolute atomic E-state index is 0.0528. The zero-order valence-electron chi connectivity index (χ0n) is 17.4. The van der Waals surface area contributed by atoms with Crippen molar-refractivity contribution in [3.63, 3.8) is 0 Å². The second-order valence-electron chi connectivity index (χ2n) is 7.97. The van der Waals surface area contributed by atoms with Crippen molar-refractivity contribution in [2.75, 3.05) is 26.2 Å². The number of nitrogens with zero attached hydrogens (tertiary/aromatic N) is 2. The van der Waals surface area contributed by atoms with Gasteiger partial charge < -0.3 is 5.11 Å². The van der Waals surface area contributed by atoms with Crippen LogP contribution in [-0.4, -0.2) is 46.9 Å². The molecule has 4 heteroatoms. The Kier molecular flexibility index (Phi) is 6.26. The first kappa shape index (κ1) is 20.3. The van der Waals surface area contributed by atoms with E-state index in [9.17, 15) is 9.90 Å². The topological polar surface area (TPSA) is 43.8 Å². The van der Waals surface area contributed by atoms with Crippen LogP contribution in [0.15, 0.2) is 78.9 Å². The van der Waals surface area contributed by atoms with Crippen LogP contribution in [0.2, 0.25) is 0 Å². The number of phenolic OH excluding ortho intramolecular Hbond substituents is 1. The average Bonchev–Trinajstić information content (AvgIpc) is 2.76. The number of phenols is 1. The maximum absolute atomic E-state index is 11.7. The molecule has 0 spiro atoms. The van der Waals surface area contributed by atoms with Gasteiger partial charge in [0.05, 0.1) is 6.04 Å². The van der Waals surface area contributed by atoms with E-state index in [1.165, 1.54) is 5.56 Å². The summed E-state index contributed by atoms with van der Waals surface area (Å²) in [5.74, 6) is 0.352. The van der Waals surface area contributed by atoms with Gasteiger partial charge in [-0.1, -0.05) is 66.7 Å². The summed E-state index contributed by atoms with van der Waals surface area (Å²) < 4.78 is 0. The highest BCUT2D eigenvalue weighted by molar-refractivity contribution is 5.94. The molecule has 1 aliphatic rings. The lowest BCUT2D eigenvalue weighted by molar-refractivity contribution is 0.101. The second kappa shape index (κ2) is 9.24. The van der Waals surface area contributed by atoms with E-state index in [4.69, 9.17) is 0 Å². The SMILES string of the molecule is CC(=O)c1ccc(C(c2cccc(O)c2)N2CCN(Cc3ccccc3)CC2)cc1. The minimum Gasteiger partial charge on any atom is -0.508 e. The first-order valence-corrected chi connectivity index (χ1v) is 10.5. The Hall–Kier alpha value is -2.95. The van der Waals surface area contributed by atoms with Crippen molar-refractivity contribution in [3.05, 3.63) is 101 Å². The van der Waals surface area contributed by atoms with Crippen molar-refractivity contribution in [1.82, 2.24) is 9.80 Å². The number of rotatable bonds is 6. The molecule has 30 heavy (non-hydrogen) atoms. The summed E-state index contributed by atoms with van der Waals surface area (Å²) in [6, 6.07) is 26.1. The first-order valence-electron chi connectivity index (χ1n) is 10.5. The van der Waals surface area contributed by atoms with Gasteiger partial charge >= 0.3 is 0 Å². The lowest BCUT2D eigenvalue weighted by atomic mass is 9.95. The van der Waals surface area contributed by atoms with Gasteiger partial charge in [-0.25, -0.2) is 0 Å². The third-order valence-corrected chi connectivity index (χ3v) is 5.84. The van der Waals surface area contributed by atoms with Gasteiger partial charge in [-0.15, -0.1) is 0 Å². The first-order chi connectivity index (χ1) is 14.6. The fraction of sp³-hybridized carbons (Fsp3) is 0.269. The van der Waals surface area contributed by atoms with Gasteiger partial charge in [-0.05, 0) is 35.7 Å². The predicted octanol–water partition coefficient (Wildman–Crippen LogP) is 4.50. The molecule has 0 saturated carbocycles. The molecule has 1 N–H and O–H groups in total. The molecule has 0 amide bonds. The Bertz CT molecular complexity index is 977. The molecule has 4 rings (SSSR count). The number of benzene rings is 3. The van der Waals surface area contributed by atoms with Crippen LogP contribution in [0.25, 0.3) is 0 Å². The van der Waals surface area contributed by atoms with E-state index in [1.54, 1.807) is 13.0 Å². The molecule has 1 fully saturated rings. The van der Waals surface area contributed by atoms with E-state index in [0.717, 1.165) is 49.4 Å². The van der Waals surface area contributed by atoms with Crippen LogP contribution in [0.5, 0.6) is 5.75 Å². The molecule has 3 aromatic carbocycles. The Morgan fingerprint density at radius 3 is 2.20 bits per heavy atom. The number of aromatic hydroxyl groups is 1. The fourth-order valence-electron chi connectivity index (χ4n) is 4.23. The monoisotopic (exact) mass is 400 g/mol. The number of carbonyl (C=O) groups excluding carboxylic acids is 1. The zero-order chi connectivity index (χ0) is 20.9. The molecular weight excluding hydrogens is 372 g/mol. The van der Waals surface area contributed by atoms with Gasteiger partial charge in [0.15, 0.2) is 5.78 Å². The number of carbonyl (C=O) groups is 1. The number of piperazine rings is 1. The minimum atomic E-state index is 0.0528. The summed E-state index contributed by atoms with van der Waals surface area (Å²) in [5.41, 5.74) is 4.28. The predicted molar refractivity (Wildman–Crippen MR) is 120 cm³/mol. The summed E-state index contributed by atoms with van der Waals surface area (Å²) in [5, 5.41) is 10.1. The van der Waals surface area contributed by atoms with Gasteiger partial charge in [0.1, 0.15) is 5.75 Å². The summed E-state index contributed by atoms with van der Waals surface area (Å²) in [6.07, 6.45) is 0. The average molecular weight is 401 g/mol. The highest BCUT2D eigenvalue weighted by Gasteiger charge is 2.26. The fourth-order valence-corrected chi connectivity index (χ4v) is 4.23. The van der Waals surface area contributed by atoms with E-state index < -0.39 is 0 Å². The van der Waals surface area contributed by atoms with Gasteiger partial charge in [0.25, 0.3) is 0 Å². The van der Waals surface area contributed by atoms with Crippen LogP contribution in [0.4, 0.5) is 0 Å². The number of ketones is 1. The molecule has 3 aromatic rings. The summed E-state index contributed by atoms with van der Waals surface area (Å²) in [6.45, 7) is 6.45. The van der Waals surface area contributed by atoms with Crippen LogP contribution < -0.4 is 0 Å². The maximum Gasteiger partial charge on any atom is 0.159 e. The smallest absolute Gasteiger partial charge is 0.159 e. The van der Waals surface area contributed by atoms with E-state index in [1.807, 2.05) is 36.4 Å². The molecule has 1 heterocycles. The van der Waals surface area contributed by atoms with Crippen LogP contribution in [0.3, 0.4) is 0 Å². The Morgan fingerprint density at radius 1 is 0.867 bits per heavy atom. The molecule has 154 valence electrons. The Morgan fingerprint density at radius 2 is 1.57 bits per heavy atom. The van der Waals surface area contributed by atoms with Gasteiger partial charge in [-0.2, -0.15) is 0 Å². The molecular formula is C26H28N2O2. The molecule has 0 aromatic heterocycles. The highest BCUT2D eigenvalue weighted by atomic mass is 16.3. The number of hydrogen-bond donors (Lipinski definition) is 1. The maximum atomic E-state index is 11.7. The van der Waals surface area contributed by atoms with E-state index in [0.29, 0.717) is 0 Å². The van der Waals surface area contributed by atoms with Crippen molar-refractivity contribution >= 4 is 5.78 Å². The third-order valence-electron chi connectivity index (χ3n) is 5.84. The standard InChI is InChI=1S/C26H28N2O2/c1-20(29)22-10-12-23(13-11-22)26(24-8-5-9-25(30)18-24)28-16-14-27(15-17-28)19-21-6-3-2-4-7-21/h2-13,18,26,30H,14-17,19H2,1H3. The van der Waals surface area contributed by atoms with Crippen molar-refractivity contribution in [2.45, 2.75) is 19.5 Å². The van der Waals surface area contributed by atoms with E-state index >= 15 is 0 Å². The lowest BCUT2D eigenvalue weighted by Crippen LogP contribution is -2.47. The summed E-state index contributed by atoms with van der Waals surface area (Å²) in [4.78, 5) is 16.6. The Balaban J connectivity index is 1.54. The highest BCUT2D eigenvalue weighted by Crippen LogP contribution is 2.31. The summed E-state index contributed by atoms with van der Waals surface area (Å²) >= 11 is 0. The molecule has 0 bridgehead atoms. The molecule has 1 saturated heterocycles. The quantitative estimate of drug-likeness (QED) is 0.619. The number of Topliss-reactive ketones (excluding diaryl/α,β-unsaturated/α-hetero) is 1. The molecule has 1 atom stereocenters. The van der Waals surface area contributed by atoms with Gasteiger partial charge in [0, 0.05) is 38.3 Å². The van der Waals surface area contributed by atoms with Crippen molar-refractivity contribution < 1.29 is 9.90 Å². The van der Waals surface area contributed by atoms with Crippen LogP contribution >= 0.6 is 0 Å². The molecule has 1 unspecified atom stereocenters. The third kappa shape index (κ3) is 4.78. The van der Waals surface area contributed by atoms with Crippen LogP contribution in [0, 0.1) is 0 Å². The van der Waals surface area contributed by atoms with E-state index in [2.05, 4.69) is 46.2 Å². The van der Waals surface area contributed by atoms with E-state index in [-0.39, 0.29) is 17.6 Å². The normalized spacial score (nSPS) is 16.3. The van der Waals surface area contributed by atoms with Gasteiger partial charge in [0.2, 0.25) is 0 Å². The van der Waals surface area contributed by atoms with Crippen molar-refractivity contribution in [2.24, 2.45) is 0 Å². The van der Waals surface area contributed by atoms with Crippen molar-refractivity contribution in [1.29, 1.82) is 0 Å². The van der Waals surface area contributed by atoms with Gasteiger partial charge in [-0.3, -0.25) is 14.6 Å². The Labute approximate surface area is 178 Å². The largest absolute Gasteiger partial charge is 0.508 e. The number of hydrogen-bond acceptors (Lipinski definition) is 4. The van der Waals surface area contributed by atoms with Crippen LogP contribution in [0.1, 0.15) is 40.0 Å².